The van der Waals surface area contributed by atoms with Crippen LogP contribution in [0.15, 0.2) is 28.9 Å². The molecule has 4 amide bonds. The van der Waals surface area contributed by atoms with Gasteiger partial charge < -0.3 is 19.6 Å². The van der Waals surface area contributed by atoms with Crippen molar-refractivity contribution in [3.63, 3.8) is 0 Å². The summed E-state index contributed by atoms with van der Waals surface area (Å²) in [5.74, 6) is -0.374. The molecule has 2 atom stereocenters. The Hall–Kier alpha value is -3.30. The third-order valence-corrected chi connectivity index (χ3v) is 4.60. The van der Waals surface area contributed by atoms with Crippen LogP contribution in [0.1, 0.15) is 27.2 Å². The maximum atomic E-state index is 14.2. The minimum absolute atomic E-state index is 0.0767. The number of hydrogen-bond acceptors (Lipinski definition) is 6. The molecule has 0 aliphatic carbocycles. The highest BCUT2D eigenvalue weighted by atomic mass is 19.1. The summed E-state index contributed by atoms with van der Waals surface area (Å²) in [5, 5.41) is 0.403. The lowest BCUT2D eigenvalue weighted by Gasteiger charge is -2.29. The van der Waals surface area contributed by atoms with E-state index in [9.17, 15) is 18.8 Å². The van der Waals surface area contributed by atoms with Gasteiger partial charge in [-0.1, -0.05) is 0 Å². The number of amides is 4. The summed E-state index contributed by atoms with van der Waals surface area (Å²) >= 11 is 0. The normalized spacial score (nSPS) is 19.0. The molecule has 2 N–H and O–H groups in total. The van der Waals surface area contributed by atoms with Crippen molar-refractivity contribution in [1.29, 1.82) is 0 Å². The molecular formula is C20H24FN3O6. The summed E-state index contributed by atoms with van der Waals surface area (Å²) in [7, 11) is 1.47. The molecule has 1 fully saturated rings. The average molecular weight is 421 g/mol. The third kappa shape index (κ3) is 4.17. The smallest absolute Gasteiger partial charge is 0.411 e. The Bertz CT molecular complexity index is 983. The second-order valence-electron chi connectivity index (χ2n) is 7.98. The van der Waals surface area contributed by atoms with E-state index < -0.39 is 35.8 Å². The number of alkyl halides is 1. The average Bonchev–Trinajstić information content (AvgIpc) is 3.23. The number of fused-ring (bicyclic) bond motifs is 1. The minimum Gasteiger partial charge on any atom is -0.497 e. The summed E-state index contributed by atoms with van der Waals surface area (Å²) in [5.41, 5.74) is 5.12. The van der Waals surface area contributed by atoms with Gasteiger partial charge in [-0.05, 0) is 39.0 Å². The van der Waals surface area contributed by atoms with Crippen LogP contribution in [-0.2, 0) is 9.53 Å². The van der Waals surface area contributed by atoms with E-state index in [0.717, 1.165) is 4.90 Å². The van der Waals surface area contributed by atoms with Crippen LogP contribution in [0.2, 0.25) is 0 Å². The highest BCUT2D eigenvalue weighted by Crippen LogP contribution is 2.34. The lowest BCUT2D eigenvalue weighted by molar-refractivity contribution is -0.122. The molecule has 1 aliphatic rings. The van der Waals surface area contributed by atoms with E-state index in [4.69, 9.17) is 19.6 Å². The number of imide groups is 1. The largest absolute Gasteiger partial charge is 0.497 e. The molecule has 0 unspecified atom stereocenters. The van der Waals surface area contributed by atoms with Crippen LogP contribution in [-0.4, -0.2) is 54.4 Å². The molecule has 1 aliphatic heterocycles. The third-order valence-electron chi connectivity index (χ3n) is 4.60. The molecule has 9 nitrogen and oxygen atoms in total. The van der Waals surface area contributed by atoms with Crippen LogP contribution >= 0.6 is 0 Å². The molecule has 30 heavy (non-hydrogen) atoms. The molecule has 1 aromatic heterocycles. The van der Waals surface area contributed by atoms with Gasteiger partial charge in [0.25, 0.3) is 5.91 Å². The molecule has 2 aromatic rings. The Kier molecular flexibility index (Phi) is 5.60. The van der Waals surface area contributed by atoms with Crippen molar-refractivity contribution in [2.24, 2.45) is 5.73 Å². The van der Waals surface area contributed by atoms with Crippen LogP contribution in [0.5, 0.6) is 5.75 Å². The summed E-state index contributed by atoms with van der Waals surface area (Å²) in [6.07, 6.45) is -1.36. The summed E-state index contributed by atoms with van der Waals surface area (Å²) in [4.78, 5) is 39.6. The molecule has 3 rings (SSSR count). The van der Waals surface area contributed by atoms with Crippen molar-refractivity contribution in [2.45, 2.75) is 45.0 Å². The van der Waals surface area contributed by atoms with Crippen molar-refractivity contribution in [1.82, 2.24) is 4.90 Å². The molecule has 1 aromatic carbocycles. The number of urea groups is 1. The van der Waals surface area contributed by atoms with Crippen molar-refractivity contribution in [2.75, 3.05) is 18.6 Å². The van der Waals surface area contributed by atoms with Gasteiger partial charge in [0, 0.05) is 11.8 Å². The zero-order valence-corrected chi connectivity index (χ0v) is 17.2. The van der Waals surface area contributed by atoms with Gasteiger partial charge in [0.05, 0.1) is 19.3 Å². The fraction of sp³-hybridized carbons (Fsp3) is 0.450. The highest BCUT2D eigenvalue weighted by Gasteiger charge is 2.45. The Morgan fingerprint density at radius 2 is 2.00 bits per heavy atom. The zero-order chi connectivity index (χ0) is 22.2. The number of furan rings is 1. The van der Waals surface area contributed by atoms with Gasteiger partial charge in [0.15, 0.2) is 0 Å². The standard InChI is InChI=1S/C20H24FN3O6/c1-20(2,3)30-19(27)23-9-11(21)7-14(23)17(25)24(18(22)26)15-10-29-16-6-5-12(28-4)8-13(15)16/h5-6,8,10-11,14H,7,9H2,1-4H3,(H2,22,26)/t11-,14+/m0/s1. The van der Waals surface area contributed by atoms with Crippen LogP contribution < -0.4 is 15.4 Å². The Morgan fingerprint density at radius 3 is 2.60 bits per heavy atom. The lowest BCUT2D eigenvalue weighted by atomic mass is 10.1. The number of methoxy groups -OCH3 is 1. The number of ether oxygens (including phenoxy) is 2. The molecule has 162 valence electrons. The first-order valence-corrected chi connectivity index (χ1v) is 9.34. The first-order valence-electron chi connectivity index (χ1n) is 9.34. The number of primary amides is 1. The number of rotatable bonds is 3. The van der Waals surface area contributed by atoms with Gasteiger partial charge >= 0.3 is 12.1 Å². The van der Waals surface area contributed by atoms with Crippen molar-refractivity contribution in [3.05, 3.63) is 24.5 Å². The highest BCUT2D eigenvalue weighted by molar-refractivity contribution is 6.19. The molecule has 0 bridgehead atoms. The van der Waals surface area contributed by atoms with E-state index in [1.165, 1.54) is 13.4 Å². The monoisotopic (exact) mass is 421 g/mol. The summed E-state index contributed by atoms with van der Waals surface area (Å²) < 4.78 is 30.0. The molecule has 0 saturated carbocycles. The van der Waals surface area contributed by atoms with E-state index in [1.54, 1.807) is 39.0 Å². The number of halogens is 1. The second kappa shape index (κ2) is 7.85. The molecule has 2 heterocycles. The van der Waals surface area contributed by atoms with Crippen LogP contribution in [0.4, 0.5) is 19.7 Å². The number of nitrogens with two attached hydrogens (primary N) is 1. The van der Waals surface area contributed by atoms with Crippen LogP contribution in [0.3, 0.4) is 0 Å². The topological polar surface area (TPSA) is 115 Å². The maximum Gasteiger partial charge on any atom is 0.411 e. The SMILES string of the molecule is COc1ccc2occ(N(C(N)=O)C(=O)[C@H]3C[C@H](F)CN3C(=O)OC(C)(C)C)c2c1. The number of anilines is 1. The predicted molar refractivity (Wildman–Crippen MR) is 106 cm³/mol. The van der Waals surface area contributed by atoms with Gasteiger partial charge in [-0.15, -0.1) is 0 Å². The first kappa shape index (κ1) is 21.4. The predicted octanol–water partition coefficient (Wildman–Crippen LogP) is 3.20. The molecule has 0 radical (unpaired) electrons. The van der Waals surface area contributed by atoms with Gasteiger partial charge in [-0.2, -0.15) is 0 Å². The van der Waals surface area contributed by atoms with Gasteiger partial charge in [0.1, 0.15) is 35.4 Å². The van der Waals surface area contributed by atoms with Gasteiger partial charge in [0.2, 0.25) is 0 Å². The zero-order valence-electron chi connectivity index (χ0n) is 17.2. The van der Waals surface area contributed by atoms with Gasteiger partial charge in [-0.25, -0.2) is 18.9 Å². The van der Waals surface area contributed by atoms with E-state index in [2.05, 4.69) is 0 Å². The Balaban J connectivity index is 1.97. The quantitative estimate of drug-likeness (QED) is 0.814. The molecule has 0 spiro atoms. The number of nitrogens with zero attached hydrogens (tertiary/aromatic N) is 2. The van der Waals surface area contributed by atoms with E-state index in [-0.39, 0.29) is 18.7 Å². The van der Waals surface area contributed by atoms with E-state index in [0.29, 0.717) is 21.6 Å². The maximum absolute atomic E-state index is 14.2. The van der Waals surface area contributed by atoms with Crippen LogP contribution in [0.25, 0.3) is 11.0 Å². The number of benzene rings is 1. The number of hydrogen-bond donors (Lipinski definition) is 1. The first-order chi connectivity index (χ1) is 14.0. The Morgan fingerprint density at radius 1 is 1.30 bits per heavy atom. The number of carbonyl (C=O) groups excluding carboxylic acids is 3. The lowest BCUT2D eigenvalue weighted by Crippen LogP contribution is -2.52. The van der Waals surface area contributed by atoms with Crippen molar-refractivity contribution in [3.8, 4) is 5.75 Å². The number of carbonyl (C=O) groups is 3. The molecule has 10 heteroatoms. The van der Waals surface area contributed by atoms with Crippen LogP contribution in [0, 0.1) is 0 Å². The van der Waals surface area contributed by atoms with E-state index >= 15 is 0 Å². The fourth-order valence-electron chi connectivity index (χ4n) is 3.33. The summed E-state index contributed by atoms with van der Waals surface area (Å²) in [6, 6.07) is 2.51. The summed E-state index contributed by atoms with van der Waals surface area (Å²) in [6.45, 7) is 4.65. The minimum atomic E-state index is -1.44. The van der Waals surface area contributed by atoms with Gasteiger partial charge in [-0.3, -0.25) is 9.69 Å². The molecule has 1 saturated heterocycles. The molecular weight excluding hydrogens is 397 g/mol. The van der Waals surface area contributed by atoms with Crippen molar-refractivity contribution >= 4 is 34.7 Å². The fourth-order valence-corrected chi connectivity index (χ4v) is 3.33. The van der Waals surface area contributed by atoms with E-state index in [1.807, 2.05) is 0 Å². The number of likely N-dealkylation sites (tertiary alicyclic amines) is 1. The Labute approximate surface area is 172 Å². The second-order valence-corrected chi connectivity index (χ2v) is 7.98. The van der Waals surface area contributed by atoms with Crippen molar-refractivity contribution < 1.29 is 32.7 Å².